The summed E-state index contributed by atoms with van der Waals surface area (Å²) in [4.78, 5) is 12.3. The zero-order valence-electron chi connectivity index (χ0n) is 17.7. The van der Waals surface area contributed by atoms with Crippen molar-refractivity contribution in [2.24, 2.45) is 7.05 Å². The highest BCUT2D eigenvalue weighted by molar-refractivity contribution is 7.99. The lowest BCUT2D eigenvalue weighted by molar-refractivity contribution is -0.113. The predicted molar refractivity (Wildman–Crippen MR) is 121 cm³/mol. The number of methoxy groups -OCH3 is 1. The summed E-state index contributed by atoms with van der Waals surface area (Å²) in [5.41, 5.74) is 3.29. The Labute approximate surface area is 182 Å². The number of aryl methyl sites for hydroxylation is 3. The summed E-state index contributed by atoms with van der Waals surface area (Å²) in [6.07, 6.45) is 3.68. The summed E-state index contributed by atoms with van der Waals surface area (Å²) in [6, 6.07) is 16.0. The van der Waals surface area contributed by atoms with Crippen LogP contribution in [0.15, 0.2) is 53.7 Å². The predicted octanol–water partition coefficient (Wildman–Crippen LogP) is 4.29. The van der Waals surface area contributed by atoms with Crippen LogP contribution in [0.1, 0.15) is 30.3 Å². The van der Waals surface area contributed by atoms with E-state index in [2.05, 4.69) is 34.6 Å². The molecule has 0 radical (unpaired) electrons. The first-order valence-corrected chi connectivity index (χ1v) is 11.1. The normalized spacial score (nSPS) is 10.8. The Morgan fingerprint density at radius 3 is 2.60 bits per heavy atom. The Bertz CT molecular complexity index is 970. The molecule has 158 valence electrons. The molecule has 0 aliphatic carbocycles. The van der Waals surface area contributed by atoms with Crippen molar-refractivity contribution in [3.8, 4) is 5.75 Å². The van der Waals surface area contributed by atoms with Crippen LogP contribution in [0.25, 0.3) is 0 Å². The van der Waals surface area contributed by atoms with Gasteiger partial charge in [0.1, 0.15) is 11.6 Å². The third-order valence-electron chi connectivity index (χ3n) is 4.95. The summed E-state index contributed by atoms with van der Waals surface area (Å²) in [5, 5.41) is 12.3. The van der Waals surface area contributed by atoms with Gasteiger partial charge in [0.2, 0.25) is 5.91 Å². The zero-order chi connectivity index (χ0) is 21.3. The van der Waals surface area contributed by atoms with Crippen molar-refractivity contribution < 1.29 is 9.53 Å². The fraction of sp³-hybridized carbons (Fsp3) is 0.348. The van der Waals surface area contributed by atoms with Gasteiger partial charge >= 0.3 is 0 Å². The zero-order valence-corrected chi connectivity index (χ0v) is 18.5. The van der Waals surface area contributed by atoms with Crippen LogP contribution >= 0.6 is 11.8 Å². The molecular formula is C23H28N4O2S. The number of para-hydroxylation sites is 1. The van der Waals surface area contributed by atoms with Crippen LogP contribution in [0.4, 0.5) is 5.69 Å². The average Bonchev–Trinajstić information content (AvgIpc) is 3.12. The molecule has 0 fully saturated rings. The van der Waals surface area contributed by atoms with Gasteiger partial charge in [-0.1, -0.05) is 49.0 Å². The highest BCUT2D eigenvalue weighted by Crippen LogP contribution is 2.20. The van der Waals surface area contributed by atoms with Crippen LogP contribution in [0.5, 0.6) is 5.75 Å². The number of rotatable bonds is 10. The van der Waals surface area contributed by atoms with Crippen molar-refractivity contribution in [3.05, 3.63) is 65.5 Å². The van der Waals surface area contributed by atoms with E-state index in [1.807, 2.05) is 48.0 Å². The van der Waals surface area contributed by atoms with Crippen LogP contribution in [-0.2, 0) is 31.1 Å². The van der Waals surface area contributed by atoms with Crippen LogP contribution < -0.4 is 10.1 Å². The van der Waals surface area contributed by atoms with E-state index in [-0.39, 0.29) is 5.91 Å². The van der Waals surface area contributed by atoms with E-state index in [1.165, 1.54) is 17.3 Å². The third-order valence-corrected chi connectivity index (χ3v) is 5.97. The van der Waals surface area contributed by atoms with Crippen LogP contribution in [-0.4, -0.2) is 33.5 Å². The number of carbonyl (C=O) groups is 1. The minimum atomic E-state index is -0.0371. The molecule has 30 heavy (non-hydrogen) atoms. The highest BCUT2D eigenvalue weighted by Gasteiger charge is 2.12. The topological polar surface area (TPSA) is 69.0 Å². The first kappa shape index (κ1) is 21.9. The van der Waals surface area contributed by atoms with Gasteiger partial charge < -0.3 is 14.6 Å². The van der Waals surface area contributed by atoms with Gasteiger partial charge in [-0.2, -0.15) is 0 Å². The molecule has 0 aliphatic rings. The van der Waals surface area contributed by atoms with Gasteiger partial charge in [0.25, 0.3) is 0 Å². The largest absolute Gasteiger partial charge is 0.497 e. The van der Waals surface area contributed by atoms with Crippen molar-refractivity contribution in [1.29, 1.82) is 0 Å². The minimum Gasteiger partial charge on any atom is -0.497 e. The maximum Gasteiger partial charge on any atom is 0.234 e. The molecule has 0 spiro atoms. The second-order valence-electron chi connectivity index (χ2n) is 7.01. The molecule has 0 saturated heterocycles. The Morgan fingerprint density at radius 2 is 1.87 bits per heavy atom. The molecule has 0 saturated carbocycles. The first-order chi connectivity index (χ1) is 14.6. The van der Waals surface area contributed by atoms with E-state index < -0.39 is 0 Å². The molecule has 3 aromatic rings. The summed E-state index contributed by atoms with van der Waals surface area (Å²) in [5.74, 6) is 2.07. The van der Waals surface area contributed by atoms with Gasteiger partial charge in [-0.3, -0.25) is 4.79 Å². The first-order valence-electron chi connectivity index (χ1n) is 10.1. The van der Waals surface area contributed by atoms with E-state index in [0.717, 1.165) is 53.7 Å². The molecule has 1 aromatic heterocycles. The van der Waals surface area contributed by atoms with Crippen molar-refractivity contribution in [2.45, 2.75) is 37.8 Å². The summed E-state index contributed by atoms with van der Waals surface area (Å²) in [7, 11) is 3.63. The Balaban J connectivity index is 1.48. The molecule has 1 N–H and O–H groups in total. The Morgan fingerprint density at radius 1 is 1.10 bits per heavy atom. The molecule has 1 amide bonds. The molecule has 0 aliphatic heterocycles. The number of hydrogen-bond donors (Lipinski definition) is 1. The number of anilines is 1. The average molecular weight is 425 g/mol. The number of amides is 1. The number of benzene rings is 2. The van der Waals surface area contributed by atoms with Crippen molar-refractivity contribution >= 4 is 23.4 Å². The third kappa shape index (κ3) is 5.86. The fourth-order valence-electron chi connectivity index (χ4n) is 3.20. The van der Waals surface area contributed by atoms with Gasteiger partial charge in [0.05, 0.1) is 12.9 Å². The molecular weight excluding hydrogens is 396 g/mol. The van der Waals surface area contributed by atoms with E-state index in [1.54, 1.807) is 7.11 Å². The van der Waals surface area contributed by atoms with Gasteiger partial charge in [0, 0.05) is 19.2 Å². The second kappa shape index (κ2) is 10.8. The lowest BCUT2D eigenvalue weighted by Gasteiger charge is -2.09. The smallest absolute Gasteiger partial charge is 0.234 e. The summed E-state index contributed by atoms with van der Waals surface area (Å²) < 4.78 is 7.17. The number of ether oxygens (including phenoxy) is 1. The highest BCUT2D eigenvalue weighted by atomic mass is 32.2. The van der Waals surface area contributed by atoms with Gasteiger partial charge in [-0.15, -0.1) is 10.2 Å². The van der Waals surface area contributed by atoms with Crippen molar-refractivity contribution in [1.82, 2.24) is 14.8 Å². The molecule has 0 atom stereocenters. The van der Waals surface area contributed by atoms with Crippen LogP contribution in [0, 0.1) is 0 Å². The number of aromatic nitrogens is 3. The molecule has 0 bridgehead atoms. The fourth-order valence-corrected chi connectivity index (χ4v) is 3.93. The van der Waals surface area contributed by atoms with Gasteiger partial charge in [0.15, 0.2) is 5.16 Å². The maximum absolute atomic E-state index is 12.3. The van der Waals surface area contributed by atoms with Crippen LogP contribution in [0.2, 0.25) is 0 Å². The number of hydrogen-bond acceptors (Lipinski definition) is 5. The quantitative estimate of drug-likeness (QED) is 0.492. The summed E-state index contributed by atoms with van der Waals surface area (Å²) >= 11 is 1.41. The number of nitrogens with one attached hydrogen (secondary N) is 1. The van der Waals surface area contributed by atoms with E-state index in [9.17, 15) is 4.79 Å². The standard InChI is InChI=1S/C23H28N4O2S/c1-4-18-9-5-6-10-20(18)24-22(28)16-30-23-26-25-21(27(23)2)11-7-8-17-12-14-19(29-3)15-13-17/h5-6,9-10,12-15H,4,7-8,11,16H2,1-3H3,(H,24,28). The summed E-state index contributed by atoms with van der Waals surface area (Å²) in [6.45, 7) is 2.08. The molecule has 0 unspecified atom stereocenters. The molecule has 6 nitrogen and oxygen atoms in total. The molecule has 2 aromatic carbocycles. The second-order valence-corrected chi connectivity index (χ2v) is 7.95. The van der Waals surface area contributed by atoms with Crippen molar-refractivity contribution in [3.63, 3.8) is 0 Å². The van der Waals surface area contributed by atoms with E-state index >= 15 is 0 Å². The Kier molecular flexibility index (Phi) is 7.90. The number of nitrogens with zero attached hydrogens (tertiary/aromatic N) is 3. The monoisotopic (exact) mass is 424 g/mol. The molecule has 3 rings (SSSR count). The van der Waals surface area contributed by atoms with E-state index in [4.69, 9.17) is 4.74 Å². The van der Waals surface area contributed by atoms with Gasteiger partial charge in [-0.25, -0.2) is 0 Å². The van der Waals surface area contributed by atoms with E-state index in [0.29, 0.717) is 5.75 Å². The van der Waals surface area contributed by atoms with Crippen molar-refractivity contribution in [2.75, 3.05) is 18.2 Å². The number of thioether (sulfide) groups is 1. The number of carbonyl (C=O) groups excluding carboxylic acids is 1. The van der Waals surface area contributed by atoms with Crippen LogP contribution in [0.3, 0.4) is 0 Å². The molecule has 7 heteroatoms. The molecule has 1 heterocycles. The maximum atomic E-state index is 12.3. The lowest BCUT2D eigenvalue weighted by atomic mass is 10.1. The lowest BCUT2D eigenvalue weighted by Crippen LogP contribution is -2.15. The minimum absolute atomic E-state index is 0.0371. The SMILES string of the molecule is CCc1ccccc1NC(=O)CSc1nnc(CCCc2ccc(OC)cc2)n1C. The van der Waals surface area contributed by atoms with Gasteiger partial charge in [-0.05, 0) is 48.6 Å². The Hall–Kier alpha value is -2.80.